The second-order valence-electron chi connectivity index (χ2n) is 8.22. The fourth-order valence-corrected chi connectivity index (χ4v) is 5.84. The zero-order valence-electron chi connectivity index (χ0n) is 13.0. The van der Waals surface area contributed by atoms with Crippen LogP contribution in [0.1, 0.15) is 61.3 Å². The minimum atomic E-state index is -0.466. The maximum atomic E-state index is 12.7. The van der Waals surface area contributed by atoms with Crippen LogP contribution in [0.2, 0.25) is 5.15 Å². The molecule has 0 radical (unpaired) electrons. The Morgan fingerprint density at radius 1 is 1.30 bits per heavy atom. The van der Waals surface area contributed by atoms with Crippen molar-refractivity contribution in [3.05, 3.63) is 16.9 Å². The molecule has 5 fully saturated rings. The van der Waals surface area contributed by atoms with E-state index in [1.54, 1.807) is 10.9 Å². The minimum absolute atomic E-state index is 0.105. The number of rotatable bonds is 3. The summed E-state index contributed by atoms with van der Waals surface area (Å²) in [5.41, 5.74) is 0.0257. The van der Waals surface area contributed by atoms with Crippen LogP contribution in [0, 0.1) is 17.8 Å². The number of nitrogens with one attached hydrogen (secondary N) is 1. The lowest BCUT2D eigenvalue weighted by atomic mass is 9.52. The van der Waals surface area contributed by atoms with Crippen LogP contribution in [0.25, 0.3) is 0 Å². The SMILES string of the molecule is O=C(NC1C2CC3CC1CC(O)(C3)C2)c1cnn(C2CC2)c1Cl. The van der Waals surface area contributed by atoms with E-state index in [0.29, 0.717) is 34.5 Å². The van der Waals surface area contributed by atoms with Crippen molar-refractivity contribution in [2.75, 3.05) is 0 Å². The van der Waals surface area contributed by atoms with Gasteiger partial charge in [0.05, 0.1) is 23.4 Å². The first-order valence-electron chi connectivity index (χ1n) is 8.79. The quantitative estimate of drug-likeness (QED) is 0.892. The van der Waals surface area contributed by atoms with Gasteiger partial charge < -0.3 is 10.4 Å². The van der Waals surface area contributed by atoms with Crippen molar-refractivity contribution in [2.24, 2.45) is 17.8 Å². The molecule has 0 spiro atoms. The number of halogens is 1. The van der Waals surface area contributed by atoms with E-state index in [-0.39, 0.29) is 11.9 Å². The van der Waals surface area contributed by atoms with Crippen LogP contribution < -0.4 is 5.32 Å². The molecule has 1 aromatic rings. The van der Waals surface area contributed by atoms with Gasteiger partial charge in [0, 0.05) is 6.04 Å². The number of carbonyl (C=O) groups is 1. The van der Waals surface area contributed by atoms with E-state index in [2.05, 4.69) is 10.4 Å². The van der Waals surface area contributed by atoms with Crippen LogP contribution in [0.15, 0.2) is 6.20 Å². The van der Waals surface area contributed by atoms with Gasteiger partial charge in [0.2, 0.25) is 0 Å². The number of hydrogen-bond donors (Lipinski definition) is 2. The average molecular weight is 336 g/mol. The summed E-state index contributed by atoms with van der Waals surface area (Å²) in [5, 5.41) is 18.6. The Kier molecular flexibility index (Phi) is 2.94. The van der Waals surface area contributed by atoms with E-state index >= 15 is 0 Å². The molecule has 5 saturated carbocycles. The van der Waals surface area contributed by atoms with Gasteiger partial charge in [-0.25, -0.2) is 0 Å². The number of nitrogens with zero attached hydrogens (tertiary/aromatic N) is 2. The van der Waals surface area contributed by atoms with Gasteiger partial charge >= 0.3 is 0 Å². The van der Waals surface area contributed by atoms with E-state index < -0.39 is 5.60 Å². The summed E-state index contributed by atoms with van der Waals surface area (Å²) in [6, 6.07) is 0.555. The molecule has 0 aromatic carbocycles. The molecule has 6 heteroatoms. The van der Waals surface area contributed by atoms with Crippen LogP contribution in [0.3, 0.4) is 0 Å². The molecule has 0 aliphatic heterocycles. The van der Waals surface area contributed by atoms with E-state index in [9.17, 15) is 9.90 Å². The zero-order valence-corrected chi connectivity index (χ0v) is 13.8. The van der Waals surface area contributed by atoms with Crippen molar-refractivity contribution in [3.8, 4) is 0 Å². The highest BCUT2D eigenvalue weighted by Gasteiger charge is 2.55. The normalized spacial score (nSPS) is 41.3. The van der Waals surface area contributed by atoms with E-state index in [0.717, 1.165) is 44.9 Å². The highest BCUT2D eigenvalue weighted by Crippen LogP contribution is 2.55. The Morgan fingerprint density at radius 3 is 2.61 bits per heavy atom. The molecular formula is C17H22ClN3O2. The zero-order chi connectivity index (χ0) is 15.8. The smallest absolute Gasteiger partial charge is 0.256 e. The number of amides is 1. The Balaban J connectivity index is 1.35. The molecule has 1 heterocycles. The molecule has 1 amide bonds. The first-order valence-corrected chi connectivity index (χ1v) is 9.16. The van der Waals surface area contributed by atoms with Gasteiger partial charge in [-0.05, 0) is 62.7 Å². The highest BCUT2D eigenvalue weighted by molar-refractivity contribution is 6.32. The molecule has 6 rings (SSSR count). The fourth-order valence-electron chi connectivity index (χ4n) is 5.52. The number of aromatic nitrogens is 2. The van der Waals surface area contributed by atoms with Crippen molar-refractivity contribution in [3.63, 3.8) is 0 Å². The van der Waals surface area contributed by atoms with Crippen LogP contribution in [-0.2, 0) is 0 Å². The van der Waals surface area contributed by atoms with Crippen LogP contribution in [0.4, 0.5) is 0 Å². The van der Waals surface area contributed by atoms with E-state index in [1.165, 1.54) is 0 Å². The molecule has 124 valence electrons. The van der Waals surface area contributed by atoms with Crippen LogP contribution in [0.5, 0.6) is 0 Å². The lowest BCUT2D eigenvalue weighted by Gasteiger charge is -2.58. The number of hydrogen-bond acceptors (Lipinski definition) is 3. The molecule has 0 saturated heterocycles. The Labute approximate surface area is 140 Å². The van der Waals surface area contributed by atoms with Gasteiger partial charge in [-0.15, -0.1) is 0 Å². The van der Waals surface area contributed by atoms with E-state index in [1.807, 2.05) is 0 Å². The summed E-state index contributed by atoms with van der Waals surface area (Å²) in [5.74, 6) is 1.36. The number of carbonyl (C=O) groups excluding carboxylic acids is 1. The van der Waals surface area contributed by atoms with Crippen molar-refractivity contribution in [2.45, 2.75) is 62.6 Å². The highest BCUT2D eigenvalue weighted by atomic mass is 35.5. The first-order chi connectivity index (χ1) is 11.0. The molecule has 5 aliphatic rings. The third-order valence-corrected chi connectivity index (χ3v) is 6.79. The molecule has 4 bridgehead atoms. The second-order valence-corrected chi connectivity index (χ2v) is 8.58. The Hall–Kier alpha value is -1.07. The number of aliphatic hydroxyl groups is 1. The van der Waals surface area contributed by atoms with Crippen molar-refractivity contribution < 1.29 is 9.90 Å². The van der Waals surface area contributed by atoms with E-state index in [4.69, 9.17) is 11.6 Å². The summed E-state index contributed by atoms with van der Waals surface area (Å²) in [4.78, 5) is 12.7. The maximum absolute atomic E-state index is 12.7. The fraction of sp³-hybridized carbons (Fsp3) is 0.765. The largest absolute Gasteiger partial charge is 0.390 e. The summed E-state index contributed by atoms with van der Waals surface area (Å²) in [7, 11) is 0. The molecule has 1 aromatic heterocycles. The van der Waals surface area contributed by atoms with Gasteiger partial charge in [0.15, 0.2) is 0 Å². The molecular weight excluding hydrogens is 314 g/mol. The van der Waals surface area contributed by atoms with Gasteiger partial charge in [-0.2, -0.15) is 5.10 Å². The summed E-state index contributed by atoms with van der Waals surface area (Å²) in [6.07, 6.45) is 8.68. The molecule has 2 N–H and O–H groups in total. The van der Waals surface area contributed by atoms with Gasteiger partial charge in [0.25, 0.3) is 5.91 Å². The second kappa shape index (κ2) is 4.73. The summed E-state index contributed by atoms with van der Waals surface area (Å²) < 4.78 is 1.77. The lowest BCUT2D eigenvalue weighted by Crippen LogP contribution is -2.61. The van der Waals surface area contributed by atoms with Crippen molar-refractivity contribution >= 4 is 17.5 Å². The minimum Gasteiger partial charge on any atom is -0.390 e. The monoisotopic (exact) mass is 335 g/mol. The average Bonchev–Trinajstić information content (AvgIpc) is 3.24. The molecule has 23 heavy (non-hydrogen) atoms. The van der Waals surface area contributed by atoms with Crippen molar-refractivity contribution in [1.29, 1.82) is 0 Å². The summed E-state index contributed by atoms with van der Waals surface area (Å²) in [6.45, 7) is 0. The topological polar surface area (TPSA) is 67.2 Å². The van der Waals surface area contributed by atoms with Crippen LogP contribution in [-0.4, -0.2) is 32.4 Å². The lowest BCUT2D eigenvalue weighted by molar-refractivity contribution is -0.136. The van der Waals surface area contributed by atoms with Gasteiger partial charge in [-0.1, -0.05) is 11.6 Å². The third kappa shape index (κ3) is 2.23. The molecule has 2 atom stereocenters. The molecule has 5 nitrogen and oxygen atoms in total. The predicted octanol–water partition coefficient (Wildman–Crippen LogP) is 2.54. The summed E-state index contributed by atoms with van der Waals surface area (Å²) >= 11 is 6.34. The first kappa shape index (κ1) is 14.3. The Bertz CT molecular complexity index is 653. The van der Waals surface area contributed by atoms with Gasteiger partial charge in [-0.3, -0.25) is 9.48 Å². The third-order valence-electron chi connectivity index (χ3n) is 6.41. The van der Waals surface area contributed by atoms with Crippen molar-refractivity contribution in [1.82, 2.24) is 15.1 Å². The molecule has 2 unspecified atom stereocenters. The standard InChI is InChI=1S/C17H22ClN3O2/c18-15-13(8-19-21(15)12-1-2-12)16(22)20-14-10-3-9-4-11(14)7-17(23,5-9)6-10/h8-12,14,23H,1-7H2,(H,20,22). The predicted molar refractivity (Wildman–Crippen MR) is 85.3 cm³/mol. The Morgan fingerprint density at radius 2 is 2.00 bits per heavy atom. The van der Waals surface area contributed by atoms with Gasteiger partial charge in [0.1, 0.15) is 5.15 Å². The van der Waals surface area contributed by atoms with Crippen LogP contribution >= 0.6 is 11.6 Å². The maximum Gasteiger partial charge on any atom is 0.256 e. The molecule has 5 aliphatic carbocycles.